The fraction of sp³-hybridized carbons (Fsp3) is 0. The van der Waals surface area contributed by atoms with Crippen LogP contribution < -0.4 is 0 Å². The van der Waals surface area contributed by atoms with Crippen LogP contribution in [0.4, 0.5) is 5.69 Å². The molecule has 0 unspecified atom stereocenters. The number of benzene rings is 13. The zero-order chi connectivity index (χ0) is 50.4. The van der Waals surface area contributed by atoms with E-state index in [4.69, 9.17) is 6.57 Å². The van der Waals surface area contributed by atoms with Gasteiger partial charge in [-0.05, 0) is 166 Å². The van der Waals surface area contributed by atoms with Crippen LogP contribution in [0.3, 0.4) is 0 Å². The minimum atomic E-state index is 0.619. The predicted molar refractivity (Wildman–Crippen MR) is 318 cm³/mol. The maximum absolute atomic E-state index is 9.99. The molecule has 0 fully saturated rings. The number of nitrogens with zero attached hydrogens (tertiary/aromatic N) is 4. The number of fused-ring (bicyclic) bond motifs is 10. The van der Waals surface area contributed by atoms with Gasteiger partial charge in [-0.1, -0.05) is 176 Å². The van der Waals surface area contributed by atoms with Gasteiger partial charge in [0, 0.05) is 38.4 Å². The van der Waals surface area contributed by atoms with Gasteiger partial charge in [0.25, 0.3) is 0 Å². The Morgan fingerprint density at radius 1 is 0.303 bits per heavy atom. The third-order valence-electron chi connectivity index (χ3n) is 15.7. The van der Waals surface area contributed by atoms with E-state index in [0.29, 0.717) is 11.3 Å². The van der Waals surface area contributed by atoms with Crippen molar-refractivity contribution in [3.8, 4) is 62.0 Å². The van der Waals surface area contributed by atoms with E-state index in [2.05, 4.69) is 238 Å². The Bertz CT molecular complexity index is 4690. The van der Waals surface area contributed by atoms with Crippen molar-refractivity contribution in [3.63, 3.8) is 0 Å². The van der Waals surface area contributed by atoms with Gasteiger partial charge < -0.3 is 9.13 Å². The second kappa shape index (κ2) is 17.0. The van der Waals surface area contributed by atoms with Crippen LogP contribution in [0.25, 0.3) is 147 Å². The van der Waals surface area contributed by atoms with E-state index in [0.717, 1.165) is 88.4 Å². The summed E-state index contributed by atoms with van der Waals surface area (Å²) in [4.78, 5) is 3.82. The molecule has 350 valence electrons. The van der Waals surface area contributed by atoms with Gasteiger partial charge >= 0.3 is 0 Å². The molecule has 15 rings (SSSR count). The summed E-state index contributed by atoms with van der Waals surface area (Å²) in [5, 5.41) is 24.0. The quantitative estimate of drug-likeness (QED) is 0.121. The lowest BCUT2D eigenvalue weighted by Gasteiger charge is -2.20. The Labute approximate surface area is 438 Å². The number of nitriles is 1. The van der Waals surface area contributed by atoms with Crippen molar-refractivity contribution in [2.45, 2.75) is 0 Å². The summed E-state index contributed by atoms with van der Waals surface area (Å²) in [5.74, 6) is 0. The van der Waals surface area contributed by atoms with Crippen LogP contribution in [0.1, 0.15) is 5.56 Å². The first kappa shape index (κ1) is 43.1. The summed E-state index contributed by atoms with van der Waals surface area (Å²) in [7, 11) is 0. The summed E-state index contributed by atoms with van der Waals surface area (Å²) in [6.45, 7) is 7.86. The van der Waals surface area contributed by atoms with Crippen LogP contribution in [0.5, 0.6) is 0 Å². The van der Waals surface area contributed by atoms with Gasteiger partial charge in [-0.25, -0.2) is 4.85 Å². The monoisotopic (exact) mass is 962 g/mol. The smallest absolute Gasteiger partial charge is 0.189 e. The van der Waals surface area contributed by atoms with Crippen LogP contribution in [0.15, 0.2) is 255 Å². The number of rotatable bonds is 6. The van der Waals surface area contributed by atoms with Crippen LogP contribution in [0, 0.1) is 17.9 Å². The average molecular weight is 963 g/mol. The largest absolute Gasteiger partial charge is 0.310 e. The molecule has 13 aromatic carbocycles. The lowest BCUT2D eigenvalue weighted by atomic mass is 9.83. The third-order valence-corrected chi connectivity index (χ3v) is 15.7. The average Bonchev–Trinajstić information content (AvgIpc) is 4.06. The van der Waals surface area contributed by atoms with Crippen LogP contribution in [0.2, 0.25) is 0 Å². The summed E-state index contributed by atoms with van der Waals surface area (Å²) in [6.07, 6.45) is 0. The standard InChI is InChI=1S/C72H42N4/c1-74-56-29-35-62-61-32-26-53(42-69(61)76(70(62)43-56)58-18-6-3-7-19-58)51-28-34-64-66(40-51)72(55-24-22-47-13-9-11-15-49(47)38-55)63-33-27-50(39-65(63)71(64)54-23-21-46-12-8-10-14-48(46)37-54)52-25-31-60-59-30-20-45(44-73)36-67(59)75(68(60)41-52)57-16-4-2-5-17-57/h2-43H. The molecule has 0 amide bonds. The molecule has 0 N–H and O–H groups in total. The summed E-state index contributed by atoms with van der Waals surface area (Å²) >= 11 is 0. The summed E-state index contributed by atoms with van der Waals surface area (Å²) < 4.78 is 4.60. The highest BCUT2D eigenvalue weighted by Crippen LogP contribution is 2.48. The van der Waals surface area contributed by atoms with Crippen molar-refractivity contribution in [2.75, 3.05) is 0 Å². The topological polar surface area (TPSA) is 38.0 Å². The van der Waals surface area contributed by atoms with Gasteiger partial charge in [-0.2, -0.15) is 5.26 Å². The molecular weight excluding hydrogens is 921 g/mol. The number of hydrogen-bond acceptors (Lipinski definition) is 1. The molecule has 0 aliphatic rings. The molecule has 2 aromatic heterocycles. The second-order valence-corrected chi connectivity index (χ2v) is 19.9. The van der Waals surface area contributed by atoms with Crippen molar-refractivity contribution < 1.29 is 0 Å². The maximum atomic E-state index is 9.99. The fourth-order valence-corrected chi connectivity index (χ4v) is 12.1. The number of para-hydroxylation sites is 2. The van der Waals surface area contributed by atoms with Crippen LogP contribution >= 0.6 is 0 Å². The molecular formula is C72H42N4. The van der Waals surface area contributed by atoms with Gasteiger partial charge in [0.2, 0.25) is 0 Å². The van der Waals surface area contributed by atoms with Crippen molar-refractivity contribution in [3.05, 3.63) is 272 Å². The Kier molecular flexibility index (Phi) is 9.66. The molecule has 2 heterocycles. The highest BCUT2D eigenvalue weighted by atomic mass is 15.0. The number of aromatic nitrogens is 2. The molecule has 0 saturated carbocycles. The molecule has 0 radical (unpaired) electrons. The van der Waals surface area contributed by atoms with Crippen molar-refractivity contribution >= 4 is 92.4 Å². The minimum Gasteiger partial charge on any atom is -0.310 e. The lowest BCUT2D eigenvalue weighted by Crippen LogP contribution is -1.95. The van der Waals surface area contributed by atoms with E-state index >= 15 is 0 Å². The Morgan fingerprint density at radius 3 is 1.16 bits per heavy atom. The number of hydrogen-bond donors (Lipinski definition) is 0. The Hall–Kier alpha value is -10.5. The molecule has 0 spiro atoms. The van der Waals surface area contributed by atoms with Gasteiger partial charge in [-0.15, -0.1) is 0 Å². The Balaban J connectivity index is 1.01. The lowest BCUT2D eigenvalue weighted by molar-refractivity contribution is 1.18. The maximum Gasteiger partial charge on any atom is 0.189 e. The first-order valence-corrected chi connectivity index (χ1v) is 25.6. The zero-order valence-corrected chi connectivity index (χ0v) is 41.0. The first-order chi connectivity index (χ1) is 37.6. The van der Waals surface area contributed by atoms with E-state index in [9.17, 15) is 5.26 Å². The SMILES string of the molecule is [C-]#[N+]c1ccc2c3ccc(-c4ccc5c(-c6ccc7ccccc7c6)c6cc(-c7ccc8c9ccc(C#N)cc9n(-c9ccccc9)c8c7)ccc6c(-c6ccc7ccccc7c6)c5c4)cc3n(-c3ccccc3)c2c1. The van der Waals surface area contributed by atoms with E-state index in [-0.39, 0.29) is 0 Å². The third kappa shape index (κ3) is 6.76. The van der Waals surface area contributed by atoms with E-state index in [1.165, 1.54) is 54.2 Å². The van der Waals surface area contributed by atoms with Crippen molar-refractivity contribution in [1.82, 2.24) is 9.13 Å². The van der Waals surface area contributed by atoms with Gasteiger partial charge in [0.1, 0.15) is 0 Å². The second-order valence-electron chi connectivity index (χ2n) is 19.9. The van der Waals surface area contributed by atoms with E-state index < -0.39 is 0 Å². The molecule has 76 heavy (non-hydrogen) atoms. The van der Waals surface area contributed by atoms with Crippen molar-refractivity contribution in [2.24, 2.45) is 0 Å². The Morgan fingerprint density at radius 2 is 0.684 bits per heavy atom. The van der Waals surface area contributed by atoms with Gasteiger partial charge in [-0.3, -0.25) is 0 Å². The minimum absolute atomic E-state index is 0.619. The highest BCUT2D eigenvalue weighted by molar-refractivity contribution is 6.23. The van der Waals surface area contributed by atoms with Crippen LogP contribution in [-0.2, 0) is 0 Å². The summed E-state index contributed by atoms with van der Waals surface area (Å²) in [5.41, 5.74) is 16.7. The molecule has 0 saturated heterocycles. The van der Waals surface area contributed by atoms with Crippen molar-refractivity contribution in [1.29, 1.82) is 5.26 Å². The van der Waals surface area contributed by atoms with Crippen LogP contribution in [-0.4, -0.2) is 9.13 Å². The molecule has 0 bridgehead atoms. The normalized spacial score (nSPS) is 11.7. The molecule has 4 nitrogen and oxygen atoms in total. The van der Waals surface area contributed by atoms with Gasteiger partial charge in [0.15, 0.2) is 5.69 Å². The molecule has 0 atom stereocenters. The molecule has 15 aromatic rings. The molecule has 0 aliphatic heterocycles. The van der Waals surface area contributed by atoms with Gasteiger partial charge in [0.05, 0.1) is 34.8 Å². The fourth-order valence-electron chi connectivity index (χ4n) is 12.1. The highest BCUT2D eigenvalue weighted by Gasteiger charge is 2.22. The van der Waals surface area contributed by atoms with E-state index in [1.54, 1.807) is 0 Å². The molecule has 4 heteroatoms. The first-order valence-electron chi connectivity index (χ1n) is 25.6. The zero-order valence-electron chi connectivity index (χ0n) is 41.0. The molecule has 0 aliphatic carbocycles. The summed E-state index contributed by atoms with van der Waals surface area (Å²) in [6, 6.07) is 94.2. The predicted octanol–water partition coefficient (Wildman–Crippen LogP) is 19.6. The van der Waals surface area contributed by atoms with E-state index in [1.807, 2.05) is 36.4 Å².